The van der Waals surface area contributed by atoms with Crippen molar-refractivity contribution in [3.63, 3.8) is 0 Å². The van der Waals surface area contributed by atoms with Gasteiger partial charge in [-0.1, -0.05) is 27.7 Å². The highest BCUT2D eigenvalue weighted by Gasteiger charge is 2.41. The van der Waals surface area contributed by atoms with E-state index < -0.39 is 5.54 Å². The van der Waals surface area contributed by atoms with Gasteiger partial charge in [0.25, 0.3) is 0 Å². The fraction of sp³-hybridized carbons (Fsp3) is 0.938. The van der Waals surface area contributed by atoms with Gasteiger partial charge < -0.3 is 10.1 Å². The van der Waals surface area contributed by atoms with Crippen LogP contribution in [0.25, 0.3) is 0 Å². The highest BCUT2D eigenvalue weighted by atomic mass is 16.5. The first kappa shape index (κ1) is 16.5. The summed E-state index contributed by atoms with van der Waals surface area (Å²) in [6.45, 7) is 12.0. The van der Waals surface area contributed by atoms with Crippen molar-refractivity contribution in [1.82, 2.24) is 5.32 Å². The first-order chi connectivity index (χ1) is 8.89. The molecule has 1 aliphatic rings. The smallest absolute Gasteiger partial charge is 0.326 e. The number of hydrogen-bond donors (Lipinski definition) is 1. The van der Waals surface area contributed by atoms with Crippen LogP contribution in [0, 0.1) is 17.8 Å². The number of ether oxygens (including phenoxy) is 1. The zero-order valence-corrected chi connectivity index (χ0v) is 13.3. The Morgan fingerprint density at radius 2 is 1.74 bits per heavy atom. The lowest BCUT2D eigenvalue weighted by molar-refractivity contribution is -0.153. The lowest BCUT2D eigenvalue weighted by Crippen LogP contribution is -2.55. The summed E-state index contributed by atoms with van der Waals surface area (Å²) in [5.74, 6) is 1.68. The molecule has 0 bridgehead atoms. The van der Waals surface area contributed by atoms with Crippen molar-refractivity contribution < 1.29 is 9.53 Å². The van der Waals surface area contributed by atoms with Crippen LogP contribution in [0.4, 0.5) is 0 Å². The number of carbonyl (C=O) groups is 1. The molecule has 0 saturated heterocycles. The topological polar surface area (TPSA) is 38.3 Å². The second-order valence-corrected chi connectivity index (χ2v) is 6.82. The molecule has 1 fully saturated rings. The fourth-order valence-corrected chi connectivity index (χ4v) is 2.79. The molecular weight excluding hydrogens is 238 g/mol. The van der Waals surface area contributed by atoms with Crippen LogP contribution in [0.2, 0.25) is 0 Å². The standard InChI is InChI=1S/C16H31NO2/c1-6-19-15(18)16(9-12(2)3,10-13(4)5)17-11-14-7-8-14/h12-14,17H,6-11H2,1-5H3. The second kappa shape index (κ2) is 7.28. The van der Waals surface area contributed by atoms with Gasteiger partial charge >= 0.3 is 5.97 Å². The zero-order chi connectivity index (χ0) is 14.5. The molecule has 0 spiro atoms. The Kier molecular flexibility index (Phi) is 6.31. The van der Waals surface area contributed by atoms with Crippen molar-refractivity contribution in [3.8, 4) is 0 Å². The van der Waals surface area contributed by atoms with Gasteiger partial charge in [0, 0.05) is 0 Å². The van der Waals surface area contributed by atoms with Gasteiger partial charge in [-0.05, 0) is 56.9 Å². The van der Waals surface area contributed by atoms with Crippen molar-refractivity contribution in [1.29, 1.82) is 0 Å². The maximum absolute atomic E-state index is 12.5. The SMILES string of the molecule is CCOC(=O)C(CC(C)C)(CC(C)C)NCC1CC1. The van der Waals surface area contributed by atoms with E-state index >= 15 is 0 Å². The molecule has 3 nitrogen and oxygen atoms in total. The van der Waals surface area contributed by atoms with Crippen LogP contribution in [0.1, 0.15) is 60.3 Å². The number of rotatable bonds is 9. The number of hydrogen-bond acceptors (Lipinski definition) is 3. The quantitative estimate of drug-likeness (QED) is 0.652. The van der Waals surface area contributed by atoms with Gasteiger partial charge in [-0.25, -0.2) is 0 Å². The summed E-state index contributed by atoms with van der Waals surface area (Å²) in [6.07, 6.45) is 4.32. The minimum atomic E-state index is -0.485. The van der Waals surface area contributed by atoms with Crippen LogP contribution in [0.5, 0.6) is 0 Å². The van der Waals surface area contributed by atoms with Gasteiger partial charge in [0.2, 0.25) is 0 Å². The molecule has 0 aromatic carbocycles. The third-order valence-electron chi connectivity index (χ3n) is 3.61. The predicted octanol–water partition coefficient (Wildman–Crippen LogP) is 3.38. The minimum absolute atomic E-state index is 0.0574. The van der Waals surface area contributed by atoms with Crippen molar-refractivity contribution in [2.75, 3.05) is 13.2 Å². The normalized spacial score (nSPS) is 16.2. The van der Waals surface area contributed by atoms with Crippen molar-refractivity contribution >= 4 is 5.97 Å². The summed E-state index contributed by atoms with van der Waals surface area (Å²) in [6, 6.07) is 0. The first-order valence-electron chi connectivity index (χ1n) is 7.82. The molecule has 1 rings (SSSR count). The van der Waals surface area contributed by atoms with E-state index in [2.05, 4.69) is 33.0 Å². The largest absolute Gasteiger partial charge is 0.465 e. The third kappa shape index (κ3) is 5.52. The van der Waals surface area contributed by atoms with Gasteiger partial charge in [-0.15, -0.1) is 0 Å². The molecule has 0 radical (unpaired) electrons. The zero-order valence-electron chi connectivity index (χ0n) is 13.3. The monoisotopic (exact) mass is 269 g/mol. The van der Waals surface area contributed by atoms with Gasteiger partial charge in [0.15, 0.2) is 0 Å². The lowest BCUT2D eigenvalue weighted by atomic mass is 9.81. The summed E-state index contributed by atoms with van der Waals surface area (Å²) >= 11 is 0. The molecule has 3 heteroatoms. The molecule has 0 atom stereocenters. The highest BCUT2D eigenvalue weighted by Crippen LogP contribution is 2.31. The molecule has 19 heavy (non-hydrogen) atoms. The van der Waals surface area contributed by atoms with E-state index in [0.717, 1.165) is 25.3 Å². The Labute approximate surface area is 118 Å². The summed E-state index contributed by atoms with van der Waals surface area (Å²) in [5.41, 5.74) is -0.485. The fourth-order valence-electron chi connectivity index (χ4n) is 2.79. The Morgan fingerprint density at radius 3 is 2.11 bits per heavy atom. The molecule has 1 N–H and O–H groups in total. The maximum atomic E-state index is 12.5. The predicted molar refractivity (Wildman–Crippen MR) is 79.0 cm³/mol. The van der Waals surface area contributed by atoms with Crippen molar-refractivity contribution in [2.45, 2.75) is 65.8 Å². The van der Waals surface area contributed by atoms with Crippen LogP contribution in [-0.2, 0) is 9.53 Å². The molecule has 0 unspecified atom stereocenters. The maximum Gasteiger partial charge on any atom is 0.326 e. The number of carbonyl (C=O) groups excluding carboxylic acids is 1. The average molecular weight is 269 g/mol. The van der Waals surface area contributed by atoms with E-state index in [1.807, 2.05) is 6.92 Å². The average Bonchev–Trinajstić information content (AvgIpc) is 3.08. The number of nitrogens with one attached hydrogen (secondary N) is 1. The van der Waals surface area contributed by atoms with Gasteiger partial charge in [-0.2, -0.15) is 0 Å². The van der Waals surface area contributed by atoms with Gasteiger partial charge in [0.1, 0.15) is 5.54 Å². The summed E-state index contributed by atoms with van der Waals surface area (Å²) in [5, 5.41) is 3.57. The molecule has 112 valence electrons. The van der Waals surface area contributed by atoms with Crippen molar-refractivity contribution in [2.24, 2.45) is 17.8 Å². The molecular formula is C16H31NO2. The van der Waals surface area contributed by atoms with Crippen LogP contribution >= 0.6 is 0 Å². The van der Waals surface area contributed by atoms with E-state index in [1.54, 1.807) is 0 Å². The van der Waals surface area contributed by atoms with Crippen LogP contribution < -0.4 is 5.32 Å². The molecule has 0 amide bonds. The van der Waals surface area contributed by atoms with Gasteiger partial charge in [0.05, 0.1) is 6.61 Å². The Balaban J connectivity index is 2.80. The van der Waals surface area contributed by atoms with E-state index in [9.17, 15) is 4.79 Å². The Bertz CT molecular complexity index is 272. The Morgan fingerprint density at radius 1 is 1.21 bits per heavy atom. The molecule has 0 heterocycles. The highest BCUT2D eigenvalue weighted by molar-refractivity contribution is 5.81. The third-order valence-corrected chi connectivity index (χ3v) is 3.61. The summed E-state index contributed by atoms with van der Waals surface area (Å²) < 4.78 is 5.36. The van der Waals surface area contributed by atoms with Crippen LogP contribution in [0.3, 0.4) is 0 Å². The molecule has 1 aliphatic carbocycles. The summed E-state index contributed by atoms with van der Waals surface area (Å²) in [4.78, 5) is 12.5. The Hall–Kier alpha value is -0.570. The first-order valence-corrected chi connectivity index (χ1v) is 7.82. The molecule has 0 aromatic rings. The summed E-state index contributed by atoms with van der Waals surface area (Å²) in [7, 11) is 0. The van der Waals surface area contributed by atoms with E-state index in [-0.39, 0.29) is 5.97 Å². The molecule has 0 aromatic heterocycles. The molecule has 0 aliphatic heterocycles. The van der Waals surface area contributed by atoms with Crippen LogP contribution in [0.15, 0.2) is 0 Å². The van der Waals surface area contributed by atoms with Crippen molar-refractivity contribution in [3.05, 3.63) is 0 Å². The van der Waals surface area contributed by atoms with E-state index in [1.165, 1.54) is 12.8 Å². The molecule has 1 saturated carbocycles. The second-order valence-electron chi connectivity index (χ2n) is 6.82. The number of esters is 1. The van der Waals surface area contributed by atoms with Gasteiger partial charge in [-0.3, -0.25) is 4.79 Å². The lowest BCUT2D eigenvalue weighted by Gasteiger charge is -2.35. The van der Waals surface area contributed by atoms with E-state index in [4.69, 9.17) is 4.74 Å². The minimum Gasteiger partial charge on any atom is -0.465 e. The van der Waals surface area contributed by atoms with Crippen LogP contribution in [-0.4, -0.2) is 24.7 Å². The van der Waals surface area contributed by atoms with E-state index in [0.29, 0.717) is 18.4 Å².